The summed E-state index contributed by atoms with van der Waals surface area (Å²) in [6.45, 7) is 0.110. The molecule has 2 aromatic rings. The van der Waals surface area contributed by atoms with E-state index in [4.69, 9.17) is 15.9 Å². The third kappa shape index (κ3) is 5.90. The van der Waals surface area contributed by atoms with E-state index in [0.29, 0.717) is 5.75 Å². The summed E-state index contributed by atoms with van der Waals surface area (Å²) in [4.78, 5) is 38.2. The van der Waals surface area contributed by atoms with Crippen LogP contribution >= 0.6 is 11.8 Å². The number of hydrogen-bond acceptors (Lipinski definition) is 6. The minimum Gasteiger partial charge on any atom is -0.497 e. The van der Waals surface area contributed by atoms with Crippen LogP contribution in [0.4, 0.5) is 4.79 Å². The van der Waals surface area contributed by atoms with Gasteiger partial charge in [-0.15, -0.1) is 6.42 Å². The van der Waals surface area contributed by atoms with E-state index in [-0.39, 0.29) is 24.6 Å². The van der Waals surface area contributed by atoms with Crippen LogP contribution in [-0.2, 0) is 16.1 Å². The molecular formula is C23H20N2O5S. The average molecular weight is 436 g/mol. The normalized spacial score (nSPS) is 14.5. The highest BCUT2D eigenvalue weighted by molar-refractivity contribution is 8.18. The van der Waals surface area contributed by atoms with Crippen molar-refractivity contribution in [2.45, 2.75) is 6.54 Å². The van der Waals surface area contributed by atoms with E-state index >= 15 is 0 Å². The quantitative estimate of drug-likeness (QED) is 0.506. The van der Waals surface area contributed by atoms with E-state index in [2.05, 4.69) is 11.2 Å². The number of carbonyl (C=O) groups is 3. The first-order valence-electron chi connectivity index (χ1n) is 9.31. The molecule has 0 bridgehead atoms. The summed E-state index contributed by atoms with van der Waals surface area (Å²) in [5, 5.41) is 2.23. The number of ether oxygens (including phenoxy) is 2. The Balaban J connectivity index is 1.57. The summed E-state index contributed by atoms with van der Waals surface area (Å²) in [6, 6.07) is 14.2. The molecule has 1 aliphatic rings. The lowest BCUT2D eigenvalue weighted by molar-refractivity contribution is -0.129. The van der Waals surface area contributed by atoms with E-state index in [0.717, 1.165) is 33.5 Å². The molecule has 1 aliphatic heterocycles. The number of amides is 3. The highest BCUT2D eigenvalue weighted by Gasteiger charge is 2.36. The van der Waals surface area contributed by atoms with Crippen LogP contribution in [0.15, 0.2) is 53.4 Å². The molecule has 158 valence electrons. The van der Waals surface area contributed by atoms with Crippen LogP contribution < -0.4 is 14.8 Å². The standard InChI is InChI=1S/C23H20N2O5S/c1-3-12-30-19-10-4-16(5-11-19)13-20-22(27)25(23(28)31-20)15-21(26)24-14-17-6-8-18(29-2)9-7-17/h1,4-11,13H,12,14-15H2,2H3,(H,24,26)/b20-13-. The molecule has 0 saturated carbocycles. The summed E-state index contributed by atoms with van der Waals surface area (Å²) in [6.07, 6.45) is 6.76. The van der Waals surface area contributed by atoms with Crippen LogP contribution in [0.5, 0.6) is 11.5 Å². The van der Waals surface area contributed by atoms with Gasteiger partial charge in [-0.1, -0.05) is 30.2 Å². The first-order chi connectivity index (χ1) is 15.0. The van der Waals surface area contributed by atoms with Gasteiger partial charge >= 0.3 is 0 Å². The second-order valence-corrected chi connectivity index (χ2v) is 7.45. The molecule has 0 spiro atoms. The second-order valence-electron chi connectivity index (χ2n) is 6.45. The van der Waals surface area contributed by atoms with Crippen molar-refractivity contribution in [1.29, 1.82) is 0 Å². The number of rotatable bonds is 8. The third-order valence-electron chi connectivity index (χ3n) is 4.32. The van der Waals surface area contributed by atoms with Crippen LogP contribution in [0.25, 0.3) is 6.08 Å². The number of methoxy groups -OCH3 is 1. The fourth-order valence-electron chi connectivity index (χ4n) is 2.72. The van der Waals surface area contributed by atoms with Crippen molar-refractivity contribution in [2.75, 3.05) is 20.3 Å². The second kappa shape index (κ2) is 10.4. The van der Waals surface area contributed by atoms with Gasteiger partial charge in [0.05, 0.1) is 12.0 Å². The van der Waals surface area contributed by atoms with E-state index < -0.39 is 17.1 Å². The number of benzene rings is 2. The van der Waals surface area contributed by atoms with Crippen LogP contribution in [0, 0.1) is 12.3 Å². The molecule has 3 rings (SSSR count). The summed E-state index contributed by atoms with van der Waals surface area (Å²) in [5.74, 6) is 2.79. The Hall–Kier alpha value is -3.70. The molecule has 1 heterocycles. The van der Waals surface area contributed by atoms with Gasteiger partial charge in [-0.05, 0) is 53.2 Å². The monoisotopic (exact) mass is 436 g/mol. The minimum atomic E-state index is -0.498. The maximum absolute atomic E-state index is 12.6. The number of nitrogens with zero attached hydrogens (tertiary/aromatic N) is 1. The Kier molecular flexibility index (Phi) is 7.35. The molecule has 1 fully saturated rings. The van der Waals surface area contributed by atoms with Crippen LogP contribution in [0.3, 0.4) is 0 Å². The zero-order valence-corrected chi connectivity index (χ0v) is 17.6. The number of nitrogens with one attached hydrogen (secondary N) is 1. The van der Waals surface area contributed by atoms with Crippen LogP contribution in [-0.4, -0.2) is 42.2 Å². The van der Waals surface area contributed by atoms with Gasteiger partial charge in [-0.25, -0.2) is 0 Å². The molecule has 8 heteroatoms. The van der Waals surface area contributed by atoms with E-state index in [9.17, 15) is 14.4 Å². The number of terminal acetylenes is 1. The van der Waals surface area contributed by atoms with Gasteiger partial charge in [0.1, 0.15) is 24.7 Å². The number of hydrogen-bond donors (Lipinski definition) is 1. The van der Waals surface area contributed by atoms with Gasteiger partial charge in [-0.3, -0.25) is 19.3 Å². The van der Waals surface area contributed by atoms with Crippen molar-refractivity contribution in [3.63, 3.8) is 0 Å². The van der Waals surface area contributed by atoms with Crippen molar-refractivity contribution in [3.05, 3.63) is 64.6 Å². The molecular weight excluding hydrogens is 416 g/mol. The minimum absolute atomic E-state index is 0.165. The molecule has 2 aromatic carbocycles. The summed E-state index contributed by atoms with van der Waals surface area (Å²) >= 11 is 0.802. The van der Waals surface area contributed by atoms with Crippen molar-refractivity contribution < 1.29 is 23.9 Å². The largest absolute Gasteiger partial charge is 0.497 e. The van der Waals surface area contributed by atoms with E-state index in [1.165, 1.54) is 0 Å². The zero-order chi connectivity index (χ0) is 22.2. The van der Waals surface area contributed by atoms with Crippen LogP contribution in [0.2, 0.25) is 0 Å². The van der Waals surface area contributed by atoms with Crippen molar-refractivity contribution in [1.82, 2.24) is 10.2 Å². The number of carbonyl (C=O) groups excluding carboxylic acids is 3. The molecule has 0 aromatic heterocycles. The van der Waals surface area contributed by atoms with Gasteiger partial charge in [0.15, 0.2) is 0 Å². The Morgan fingerprint density at radius 2 is 1.81 bits per heavy atom. The SMILES string of the molecule is C#CCOc1ccc(/C=C2\SC(=O)N(CC(=O)NCc3ccc(OC)cc3)C2=O)cc1. The molecule has 1 N–H and O–H groups in total. The van der Waals surface area contributed by atoms with Gasteiger partial charge in [-0.2, -0.15) is 0 Å². The van der Waals surface area contributed by atoms with Crippen molar-refractivity contribution in [2.24, 2.45) is 0 Å². The lowest BCUT2D eigenvalue weighted by Gasteiger charge is -2.12. The molecule has 31 heavy (non-hydrogen) atoms. The first-order valence-corrected chi connectivity index (χ1v) is 10.1. The Morgan fingerprint density at radius 1 is 1.13 bits per heavy atom. The average Bonchev–Trinajstić information content (AvgIpc) is 3.04. The predicted octanol–water partition coefficient (Wildman–Crippen LogP) is 3.06. The lowest BCUT2D eigenvalue weighted by atomic mass is 10.2. The smallest absolute Gasteiger partial charge is 0.294 e. The Morgan fingerprint density at radius 3 is 2.45 bits per heavy atom. The molecule has 0 aliphatic carbocycles. The zero-order valence-electron chi connectivity index (χ0n) is 16.8. The van der Waals surface area contributed by atoms with Crippen molar-refractivity contribution >= 4 is 34.9 Å². The Bertz CT molecular complexity index is 1040. The fraction of sp³-hybridized carbons (Fsp3) is 0.174. The van der Waals surface area contributed by atoms with Crippen molar-refractivity contribution in [3.8, 4) is 23.8 Å². The predicted molar refractivity (Wildman–Crippen MR) is 118 cm³/mol. The van der Waals surface area contributed by atoms with E-state index in [1.807, 2.05) is 12.1 Å². The lowest BCUT2D eigenvalue weighted by Crippen LogP contribution is -2.39. The topological polar surface area (TPSA) is 84.9 Å². The van der Waals surface area contributed by atoms with Gasteiger partial charge < -0.3 is 14.8 Å². The molecule has 0 radical (unpaired) electrons. The van der Waals surface area contributed by atoms with E-state index in [1.54, 1.807) is 49.6 Å². The van der Waals surface area contributed by atoms with Gasteiger partial charge in [0.25, 0.3) is 11.1 Å². The maximum atomic E-state index is 12.6. The van der Waals surface area contributed by atoms with Gasteiger partial charge in [0, 0.05) is 6.54 Å². The molecule has 3 amide bonds. The number of thioether (sulfide) groups is 1. The fourth-order valence-corrected chi connectivity index (χ4v) is 3.55. The first kappa shape index (κ1) is 22.0. The Labute approximate surface area is 184 Å². The molecule has 7 nitrogen and oxygen atoms in total. The third-order valence-corrected chi connectivity index (χ3v) is 5.23. The maximum Gasteiger partial charge on any atom is 0.294 e. The molecule has 0 atom stereocenters. The highest BCUT2D eigenvalue weighted by atomic mass is 32.2. The summed E-state index contributed by atoms with van der Waals surface area (Å²) < 4.78 is 10.4. The molecule has 1 saturated heterocycles. The number of imide groups is 1. The highest BCUT2D eigenvalue weighted by Crippen LogP contribution is 2.32. The van der Waals surface area contributed by atoms with Gasteiger partial charge in [0.2, 0.25) is 5.91 Å². The molecule has 0 unspecified atom stereocenters. The van der Waals surface area contributed by atoms with Crippen LogP contribution in [0.1, 0.15) is 11.1 Å². The summed E-state index contributed by atoms with van der Waals surface area (Å²) in [7, 11) is 1.58. The summed E-state index contributed by atoms with van der Waals surface area (Å²) in [5.41, 5.74) is 1.60.